The Bertz CT molecular complexity index is 2510. The average Bonchev–Trinajstić information content (AvgIpc) is 3.94. The molecular weight excluding hydrogens is 914 g/mol. The maximum absolute atomic E-state index is 14.1. The van der Waals surface area contributed by atoms with Crippen molar-refractivity contribution in [3.05, 3.63) is 99.6 Å². The lowest BCUT2D eigenvalue weighted by atomic mass is 9.49. The minimum atomic E-state index is -0.942. The number of likely N-dealkylation sites (tertiary alicyclic amines) is 1. The summed E-state index contributed by atoms with van der Waals surface area (Å²) in [6.45, 7) is 18.0. The molecule has 368 valence electrons. The monoisotopic (exact) mass is 979 g/mol. The number of piperidine rings is 1. The Hall–Kier alpha value is -5.53. The maximum atomic E-state index is 14.1. The predicted molar refractivity (Wildman–Crippen MR) is 268 cm³/mol. The molecule has 69 heavy (non-hydrogen) atoms. The number of hydrogen-bond acceptors (Lipinski definition) is 11. The molecule has 1 aliphatic carbocycles. The van der Waals surface area contributed by atoms with Gasteiger partial charge in [-0.05, 0) is 85.0 Å². The fourth-order valence-electron chi connectivity index (χ4n) is 10.5. The quantitative estimate of drug-likeness (QED) is 0.0812. The fourth-order valence-corrected chi connectivity index (χ4v) is 11.5. The van der Waals surface area contributed by atoms with Crippen LogP contribution < -0.4 is 25.6 Å². The highest BCUT2D eigenvalue weighted by Gasteiger charge is 2.64. The van der Waals surface area contributed by atoms with E-state index >= 15 is 0 Å². The van der Waals surface area contributed by atoms with E-state index in [0.29, 0.717) is 34.4 Å². The summed E-state index contributed by atoms with van der Waals surface area (Å²) in [4.78, 5) is 63.4. The van der Waals surface area contributed by atoms with Crippen molar-refractivity contribution in [1.82, 2.24) is 25.8 Å². The number of anilines is 1. The van der Waals surface area contributed by atoms with E-state index in [4.69, 9.17) is 21.1 Å². The lowest BCUT2D eigenvalue weighted by Crippen LogP contribution is -2.74. The fraction of sp³-hybridized carbons (Fsp3) is 0.509. The van der Waals surface area contributed by atoms with Crippen molar-refractivity contribution in [3.63, 3.8) is 0 Å². The number of aryl methyl sites for hydroxylation is 1. The Morgan fingerprint density at radius 3 is 2.29 bits per heavy atom. The van der Waals surface area contributed by atoms with Crippen molar-refractivity contribution in [1.29, 1.82) is 5.26 Å². The molecule has 2 saturated heterocycles. The van der Waals surface area contributed by atoms with Crippen LogP contribution in [0.1, 0.15) is 101 Å². The molecule has 7 rings (SSSR count). The normalized spacial score (nSPS) is 21.4. The van der Waals surface area contributed by atoms with E-state index in [1.54, 1.807) is 29.5 Å². The topological polar surface area (TPSA) is 186 Å². The first-order chi connectivity index (χ1) is 32.7. The van der Waals surface area contributed by atoms with E-state index in [2.05, 4.69) is 59.6 Å². The average molecular weight is 981 g/mol. The number of halogens is 1. The number of ether oxygens (including phenoxy) is 2. The molecule has 0 bridgehead atoms. The number of benzene rings is 3. The second-order valence-electron chi connectivity index (χ2n) is 21.1. The summed E-state index contributed by atoms with van der Waals surface area (Å²) >= 11 is 7.84. The highest BCUT2D eigenvalue weighted by Crippen LogP contribution is 2.55. The molecule has 1 saturated carbocycles. The molecule has 1 aromatic heterocycles. The zero-order chi connectivity index (χ0) is 49.8. The summed E-state index contributed by atoms with van der Waals surface area (Å²) in [5.41, 5.74) is 5.33. The van der Waals surface area contributed by atoms with Crippen LogP contribution in [0.2, 0.25) is 5.02 Å². The van der Waals surface area contributed by atoms with E-state index in [1.807, 2.05) is 81.7 Å². The van der Waals surface area contributed by atoms with Gasteiger partial charge in [-0.1, -0.05) is 84.3 Å². The molecule has 3 aliphatic rings. The van der Waals surface area contributed by atoms with Gasteiger partial charge >= 0.3 is 0 Å². The van der Waals surface area contributed by atoms with Crippen molar-refractivity contribution >= 4 is 52.3 Å². The molecule has 4 aromatic rings. The van der Waals surface area contributed by atoms with E-state index in [9.17, 15) is 29.5 Å². The highest BCUT2D eigenvalue weighted by atomic mass is 35.5. The number of nitrogens with zero attached hydrogens (tertiary/aromatic N) is 4. The van der Waals surface area contributed by atoms with Crippen LogP contribution in [0.4, 0.5) is 5.69 Å². The molecule has 3 heterocycles. The Kier molecular flexibility index (Phi) is 15.8. The molecule has 2 aliphatic heterocycles. The molecule has 0 radical (unpaired) electrons. The number of nitriles is 1. The van der Waals surface area contributed by atoms with Gasteiger partial charge in [-0.3, -0.25) is 19.2 Å². The van der Waals surface area contributed by atoms with Crippen molar-refractivity contribution in [2.45, 2.75) is 118 Å². The van der Waals surface area contributed by atoms with Crippen molar-refractivity contribution < 1.29 is 33.8 Å². The molecule has 3 atom stereocenters. The first-order valence-electron chi connectivity index (χ1n) is 23.8. The number of hydrogen-bond donors (Lipinski definition) is 4. The molecule has 0 spiro atoms. The molecule has 1 unspecified atom stereocenters. The van der Waals surface area contributed by atoms with Gasteiger partial charge in [0.25, 0.3) is 5.91 Å². The number of β-amino-alcohol motifs (C(OH)–C–C–N with tert-alkyl or cyclic N) is 1. The van der Waals surface area contributed by atoms with Crippen LogP contribution in [0.5, 0.6) is 5.75 Å². The van der Waals surface area contributed by atoms with Crippen molar-refractivity contribution in [3.8, 4) is 22.3 Å². The first-order valence-corrected chi connectivity index (χ1v) is 25.1. The van der Waals surface area contributed by atoms with E-state index in [0.717, 1.165) is 59.7 Å². The van der Waals surface area contributed by atoms with Gasteiger partial charge in [0.1, 0.15) is 36.6 Å². The lowest BCUT2D eigenvalue weighted by molar-refractivity contribution is -0.164. The summed E-state index contributed by atoms with van der Waals surface area (Å²) in [6.07, 6.45) is 1.75. The Morgan fingerprint density at radius 1 is 1.00 bits per heavy atom. The molecule has 3 aromatic carbocycles. The van der Waals surface area contributed by atoms with Crippen molar-refractivity contribution in [2.75, 3.05) is 37.7 Å². The number of aliphatic hydroxyl groups is 1. The minimum absolute atomic E-state index is 0.00398. The molecule has 16 heteroatoms. The molecule has 4 N–H and O–H groups in total. The van der Waals surface area contributed by atoms with Gasteiger partial charge in [-0.15, -0.1) is 11.3 Å². The van der Waals surface area contributed by atoms with Crippen LogP contribution >= 0.6 is 22.9 Å². The first kappa shape index (κ1) is 51.3. The molecular formula is C53H66ClN7O7S. The zero-order valence-electron chi connectivity index (χ0n) is 40.9. The number of aliphatic hydroxyl groups excluding tert-OH is 1. The third-order valence-electron chi connectivity index (χ3n) is 14.2. The SMILES string of the molecule is Cc1ncsc1-c1ccc(CNC(=O)[C@@H]2C[C@@H](O)CN2C(=O)C(NC(=O)COCCC2CCN(c3ccc(C(=O)N[C@H]4C(C)(C)[C@H](Oc5ccc(C#N)c(Cl)c5)C4(C)C)cc3)CC2)C(C)(C)C)cc1. The van der Waals surface area contributed by atoms with Crippen molar-refractivity contribution in [2.24, 2.45) is 22.2 Å². The molecule has 14 nitrogen and oxygen atoms in total. The Morgan fingerprint density at radius 2 is 1.68 bits per heavy atom. The van der Waals surface area contributed by atoms with Crippen LogP contribution in [0.15, 0.2) is 72.2 Å². The van der Waals surface area contributed by atoms with Crippen LogP contribution in [0.25, 0.3) is 10.4 Å². The van der Waals surface area contributed by atoms with Gasteiger partial charge in [0, 0.05) is 73.4 Å². The van der Waals surface area contributed by atoms with Crippen LogP contribution in [0, 0.1) is 40.4 Å². The van der Waals surface area contributed by atoms with Gasteiger partial charge in [0.2, 0.25) is 17.7 Å². The second kappa shape index (κ2) is 21.2. The number of nitrogens with one attached hydrogen (secondary N) is 3. The zero-order valence-corrected chi connectivity index (χ0v) is 42.5. The van der Waals surface area contributed by atoms with Crippen LogP contribution in [-0.2, 0) is 25.7 Å². The maximum Gasteiger partial charge on any atom is 0.251 e. The summed E-state index contributed by atoms with van der Waals surface area (Å²) in [5, 5.41) is 29.3. The molecule has 3 fully saturated rings. The lowest BCUT2D eigenvalue weighted by Gasteiger charge is -2.63. The van der Waals surface area contributed by atoms with Gasteiger partial charge in [-0.2, -0.15) is 5.26 Å². The summed E-state index contributed by atoms with van der Waals surface area (Å²) < 4.78 is 12.2. The number of carbonyl (C=O) groups is 4. The summed E-state index contributed by atoms with van der Waals surface area (Å²) in [6, 6.07) is 20.8. The Labute approximate surface area is 415 Å². The predicted octanol–water partition coefficient (Wildman–Crippen LogP) is 7.69. The third kappa shape index (κ3) is 11.7. The van der Waals surface area contributed by atoms with E-state index in [1.165, 1.54) is 4.90 Å². The van der Waals surface area contributed by atoms with Gasteiger partial charge < -0.3 is 40.3 Å². The van der Waals surface area contributed by atoms with Gasteiger partial charge in [-0.25, -0.2) is 4.98 Å². The largest absolute Gasteiger partial charge is 0.489 e. The number of carbonyl (C=O) groups excluding carboxylic acids is 4. The highest BCUT2D eigenvalue weighted by molar-refractivity contribution is 7.13. The van der Waals surface area contributed by atoms with Gasteiger partial charge in [0.15, 0.2) is 0 Å². The number of amides is 4. The summed E-state index contributed by atoms with van der Waals surface area (Å²) in [7, 11) is 0. The number of aromatic nitrogens is 1. The van der Waals surface area contributed by atoms with Crippen LogP contribution in [0.3, 0.4) is 0 Å². The molecule has 4 amide bonds. The smallest absolute Gasteiger partial charge is 0.251 e. The number of rotatable bonds is 16. The standard InChI is InChI=1S/C53H66ClN7O7S/c1-32-44(69-31-57-32)35-11-9-34(10-12-35)28-56-47(65)42-25-39(62)29-61(42)48(66)45(51(2,3)4)58-43(63)30-67-24-21-33-19-22-60(23-20-33)38-16-13-36(14-17-38)46(64)59-49-52(5,6)50(53(49,7)8)68-40-18-15-37(27-55)41(54)26-40/h9-18,26,31,33,39,42,45,49-50,62H,19-25,28-30H2,1-8H3,(H,56,65)(H,58,63)(H,59,64)/t39-,42+,45?,49-,50-/m1/s1. The Balaban J connectivity index is 0.823. The third-order valence-corrected chi connectivity index (χ3v) is 15.4. The van der Waals surface area contributed by atoms with Crippen LogP contribution in [-0.4, -0.2) is 102 Å². The van der Waals surface area contributed by atoms with E-state index < -0.39 is 35.4 Å². The minimum Gasteiger partial charge on any atom is -0.489 e. The van der Waals surface area contributed by atoms with E-state index in [-0.39, 0.29) is 60.9 Å². The van der Waals surface area contributed by atoms with Gasteiger partial charge in [0.05, 0.1) is 32.8 Å². The second-order valence-corrected chi connectivity index (χ2v) is 22.3. The number of thiazole rings is 1. The summed E-state index contributed by atoms with van der Waals surface area (Å²) in [5.74, 6) is -0.333.